The number of nitrogens with zero attached hydrogens (tertiary/aromatic N) is 1. The Hall–Kier alpha value is -4.43. The predicted octanol–water partition coefficient (Wildman–Crippen LogP) is 5.41. The first-order valence-corrected chi connectivity index (χ1v) is 14.4. The van der Waals surface area contributed by atoms with Gasteiger partial charge in [-0.1, -0.05) is 41.3 Å². The van der Waals surface area contributed by atoms with Gasteiger partial charge < -0.3 is 15.0 Å². The number of aromatic nitrogens is 1. The minimum Gasteiger partial charge on any atom is -0.484 e. The highest BCUT2D eigenvalue weighted by molar-refractivity contribution is 8.00. The quantitative estimate of drug-likeness (QED) is 0.218. The molecule has 6 rings (SSSR count). The molecule has 43 heavy (non-hydrogen) atoms. The molecule has 2 aliphatic rings. The molecule has 0 spiro atoms. The Morgan fingerprint density at radius 2 is 1.72 bits per heavy atom. The molecule has 1 saturated heterocycles. The number of anilines is 2. The van der Waals surface area contributed by atoms with E-state index in [4.69, 9.17) is 4.74 Å². The van der Waals surface area contributed by atoms with Crippen LogP contribution in [0.5, 0.6) is 5.75 Å². The van der Waals surface area contributed by atoms with Gasteiger partial charge in [0.2, 0.25) is 11.8 Å². The summed E-state index contributed by atoms with van der Waals surface area (Å²) in [5, 5.41) is 1.98. The monoisotopic (exact) mass is 629 g/mol. The van der Waals surface area contributed by atoms with Crippen LogP contribution in [-0.4, -0.2) is 34.6 Å². The van der Waals surface area contributed by atoms with Crippen molar-refractivity contribution in [3.8, 4) is 5.75 Å². The van der Waals surface area contributed by atoms with E-state index in [1.807, 2.05) is 0 Å². The SMILES string of the molecule is O=C(COc1cccc([C@@H]2c3sc(=O)[nH]c3S[C@H]3C(=O)N(c4ccc(F)cc4)C(=O)[C@@H]23)c1)Nc1cccc(C(F)(F)F)c1. The molecule has 8 nitrogen and oxygen atoms in total. The fourth-order valence-electron chi connectivity index (χ4n) is 5.14. The lowest BCUT2D eigenvalue weighted by Crippen LogP contribution is -2.32. The Balaban J connectivity index is 1.25. The largest absolute Gasteiger partial charge is 0.484 e. The Kier molecular flexibility index (Phi) is 7.34. The minimum absolute atomic E-state index is 0.0482. The number of ether oxygens (including phenoxy) is 1. The molecule has 1 aromatic heterocycles. The van der Waals surface area contributed by atoms with Crippen molar-refractivity contribution in [2.24, 2.45) is 5.92 Å². The molecule has 0 saturated carbocycles. The standard InChI is InChI=1S/C29H19F4N3O5S2/c30-16-7-9-18(10-8-16)36-26(38)22-21(23-25(35-28(40)43-23)42-24(22)27(36)39)14-3-1-6-19(11-14)41-13-20(37)34-17-5-2-4-15(12-17)29(31,32)33/h1-12,21-22,24H,13H2,(H,34,37)(H,35,40)/t21-,22-,24+/m0/s1. The number of thiazole rings is 1. The summed E-state index contributed by atoms with van der Waals surface area (Å²) in [4.78, 5) is 56.0. The number of carbonyl (C=O) groups excluding carboxylic acids is 3. The number of thioether (sulfide) groups is 1. The van der Waals surface area contributed by atoms with E-state index in [9.17, 15) is 36.7 Å². The van der Waals surface area contributed by atoms with Gasteiger partial charge in [0, 0.05) is 16.5 Å². The van der Waals surface area contributed by atoms with Gasteiger partial charge >= 0.3 is 11.0 Å². The van der Waals surface area contributed by atoms with Gasteiger partial charge in [-0.05, 0) is 60.2 Å². The molecule has 3 amide bonds. The lowest BCUT2D eigenvalue weighted by atomic mass is 9.83. The second-order valence-electron chi connectivity index (χ2n) is 9.73. The van der Waals surface area contributed by atoms with E-state index in [1.165, 1.54) is 24.3 Å². The van der Waals surface area contributed by atoms with Crippen LogP contribution in [0.4, 0.5) is 28.9 Å². The van der Waals surface area contributed by atoms with Crippen molar-refractivity contribution >= 4 is 52.2 Å². The average Bonchev–Trinajstić information content (AvgIpc) is 3.46. The number of nitrogens with one attached hydrogen (secondary N) is 2. The molecule has 0 radical (unpaired) electrons. The number of rotatable bonds is 6. The number of alkyl halides is 3. The topological polar surface area (TPSA) is 109 Å². The van der Waals surface area contributed by atoms with Crippen molar-refractivity contribution in [3.05, 3.63) is 104 Å². The van der Waals surface area contributed by atoms with Crippen LogP contribution in [0.1, 0.15) is 21.9 Å². The molecule has 0 bridgehead atoms. The summed E-state index contributed by atoms with van der Waals surface area (Å²) < 4.78 is 58.1. The summed E-state index contributed by atoms with van der Waals surface area (Å²) in [5.41, 5.74) is -0.185. The highest BCUT2D eigenvalue weighted by Gasteiger charge is 2.56. The van der Waals surface area contributed by atoms with Gasteiger partial charge in [-0.25, -0.2) is 9.29 Å². The van der Waals surface area contributed by atoms with Crippen LogP contribution < -0.4 is 19.8 Å². The van der Waals surface area contributed by atoms with Crippen LogP contribution in [0, 0.1) is 11.7 Å². The van der Waals surface area contributed by atoms with Gasteiger partial charge in [-0.2, -0.15) is 13.2 Å². The van der Waals surface area contributed by atoms with Crippen LogP contribution in [0.3, 0.4) is 0 Å². The third-order valence-electron chi connectivity index (χ3n) is 6.97. The third kappa shape index (κ3) is 5.55. The molecule has 2 aliphatic heterocycles. The number of hydrogen-bond acceptors (Lipinski definition) is 7. The Morgan fingerprint density at radius 1 is 0.977 bits per heavy atom. The zero-order valence-corrected chi connectivity index (χ0v) is 23.3. The van der Waals surface area contributed by atoms with Crippen molar-refractivity contribution in [2.75, 3.05) is 16.8 Å². The van der Waals surface area contributed by atoms with Gasteiger partial charge in [0.25, 0.3) is 5.91 Å². The van der Waals surface area contributed by atoms with Crippen LogP contribution in [0.15, 0.2) is 82.6 Å². The molecule has 2 N–H and O–H groups in total. The number of amides is 3. The number of carbonyl (C=O) groups is 3. The first-order chi connectivity index (χ1) is 20.5. The minimum atomic E-state index is -4.57. The predicted molar refractivity (Wildman–Crippen MR) is 151 cm³/mol. The van der Waals surface area contributed by atoms with E-state index in [0.717, 1.165) is 52.3 Å². The molecule has 3 heterocycles. The molecule has 1 fully saturated rings. The zero-order chi connectivity index (χ0) is 30.5. The van der Waals surface area contributed by atoms with Gasteiger partial charge in [0.1, 0.15) is 16.8 Å². The van der Waals surface area contributed by atoms with Crippen LogP contribution >= 0.6 is 23.1 Å². The van der Waals surface area contributed by atoms with Crippen molar-refractivity contribution < 1.29 is 36.7 Å². The molecule has 3 atom stereocenters. The van der Waals surface area contributed by atoms with Crippen LogP contribution in [0.2, 0.25) is 0 Å². The maximum atomic E-state index is 13.8. The fourth-order valence-corrected chi connectivity index (χ4v) is 7.65. The molecule has 3 aromatic carbocycles. The summed E-state index contributed by atoms with van der Waals surface area (Å²) in [6.45, 7) is -0.523. The number of hydrogen-bond donors (Lipinski definition) is 2. The normalized spacial score (nSPS) is 19.6. The second kappa shape index (κ2) is 11.0. The van der Waals surface area contributed by atoms with E-state index in [2.05, 4.69) is 10.3 Å². The summed E-state index contributed by atoms with van der Waals surface area (Å²) in [6, 6.07) is 15.7. The lowest BCUT2D eigenvalue weighted by Gasteiger charge is -2.30. The van der Waals surface area contributed by atoms with E-state index in [1.54, 1.807) is 24.3 Å². The van der Waals surface area contributed by atoms with Crippen molar-refractivity contribution in [3.63, 3.8) is 0 Å². The van der Waals surface area contributed by atoms with E-state index in [0.29, 0.717) is 15.5 Å². The van der Waals surface area contributed by atoms with Gasteiger partial charge in [-0.3, -0.25) is 19.2 Å². The van der Waals surface area contributed by atoms with Crippen LogP contribution in [0.25, 0.3) is 0 Å². The fraction of sp³-hybridized carbons (Fsp3) is 0.172. The Morgan fingerprint density at radius 3 is 2.47 bits per heavy atom. The van der Waals surface area contributed by atoms with Gasteiger partial charge in [-0.15, -0.1) is 0 Å². The van der Waals surface area contributed by atoms with Crippen molar-refractivity contribution in [2.45, 2.75) is 22.4 Å². The lowest BCUT2D eigenvalue weighted by molar-refractivity contribution is -0.137. The molecule has 220 valence electrons. The highest BCUT2D eigenvalue weighted by Crippen LogP contribution is 2.53. The summed E-state index contributed by atoms with van der Waals surface area (Å²) in [5.74, 6) is -3.59. The van der Waals surface area contributed by atoms with Gasteiger partial charge in [0.15, 0.2) is 6.61 Å². The summed E-state index contributed by atoms with van der Waals surface area (Å²) >= 11 is 2.02. The third-order valence-corrected chi connectivity index (χ3v) is 9.37. The first-order valence-electron chi connectivity index (χ1n) is 12.7. The summed E-state index contributed by atoms with van der Waals surface area (Å²) in [6.07, 6.45) is -4.57. The number of H-pyrrole nitrogens is 1. The summed E-state index contributed by atoms with van der Waals surface area (Å²) in [7, 11) is 0. The highest BCUT2D eigenvalue weighted by atomic mass is 32.2. The van der Waals surface area contributed by atoms with E-state index < -0.39 is 59.0 Å². The maximum absolute atomic E-state index is 13.8. The van der Waals surface area contributed by atoms with Gasteiger partial charge in [0.05, 0.1) is 22.2 Å². The number of fused-ring (bicyclic) bond motifs is 2. The van der Waals surface area contributed by atoms with E-state index >= 15 is 0 Å². The number of imide groups is 1. The molecule has 14 heteroatoms. The van der Waals surface area contributed by atoms with Crippen molar-refractivity contribution in [1.29, 1.82) is 0 Å². The average molecular weight is 630 g/mol. The maximum Gasteiger partial charge on any atom is 0.416 e. The smallest absolute Gasteiger partial charge is 0.416 e. The molecule has 0 aliphatic carbocycles. The molecular weight excluding hydrogens is 610 g/mol. The zero-order valence-electron chi connectivity index (χ0n) is 21.7. The molecular formula is C29H19F4N3O5S2. The number of aromatic amines is 1. The first kappa shape index (κ1) is 28.7. The van der Waals surface area contributed by atoms with Crippen molar-refractivity contribution in [1.82, 2.24) is 4.98 Å². The van der Waals surface area contributed by atoms with E-state index in [-0.39, 0.29) is 22.0 Å². The Labute approximate surface area is 248 Å². The molecule has 0 unspecified atom stereocenters. The van der Waals surface area contributed by atoms with Crippen LogP contribution in [-0.2, 0) is 20.6 Å². The number of halogens is 4. The number of benzene rings is 3. The molecule has 4 aromatic rings. The second-order valence-corrected chi connectivity index (χ2v) is 11.9. The Bertz CT molecular complexity index is 1800.